The Morgan fingerprint density at radius 3 is 2.81 bits per heavy atom. The molecule has 7 heteroatoms. The van der Waals surface area contributed by atoms with E-state index in [1.165, 1.54) is 12.1 Å². The van der Waals surface area contributed by atoms with Crippen molar-refractivity contribution in [1.29, 1.82) is 5.41 Å². The lowest BCUT2D eigenvalue weighted by Crippen LogP contribution is -2.39. The van der Waals surface area contributed by atoms with E-state index >= 15 is 0 Å². The predicted octanol–water partition coefficient (Wildman–Crippen LogP) is 5.17. The molecule has 1 saturated heterocycles. The summed E-state index contributed by atoms with van der Waals surface area (Å²) in [4.78, 5) is 10.3. The van der Waals surface area contributed by atoms with E-state index in [4.69, 9.17) is 17.0 Å². The Morgan fingerprint density at radius 2 is 2.13 bits per heavy atom. The highest BCUT2D eigenvalue weighted by molar-refractivity contribution is 6.75. The zero-order valence-electron chi connectivity index (χ0n) is 17.8. The second-order valence-corrected chi connectivity index (χ2v) is 8.46. The fourth-order valence-electron chi connectivity index (χ4n) is 4.16. The van der Waals surface area contributed by atoms with Gasteiger partial charge in [0, 0.05) is 46.2 Å². The molecule has 31 heavy (non-hydrogen) atoms. The van der Waals surface area contributed by atoms with Crippen LogP contribution in [0.5, 0.6) is 0 Å². The minimum atomic E-state index is -0.275. The number of aromatic amines is 1. The van der Waals surface area contributed by atoms with Crippen molar-refractivity contribution in [3.05, 3.63) is 59.8 Å². The molecule has 3 heterocycles. The van der Waals surface area contributed by atoms with Gasteiger partial charge in [0.25, 0.3) is 0 Å². The molecule has 0 amide bonds. The third-order valence-corrected chi connectivity index (χ3v) is 6.13. The molecule has 2 aromatic heterocycles. The molecule has 0 bridgehead atoms. The van der Waals surface area contributed by atoms with E-state index in [9.17, 15) is 4.39 Å². The molecule has 0 saturated carbocycles. The SMILES string of the molecule is CCc1[nH]c2ncc(/C(=C/NC3CCN(C)CC3)C(=N)Cl)cc2c1-c1cccc(F)c1. The average molecular weight is 440 g/mol. The van der Waals surface area contributed by atoms with Gasteiger partial charge < -0.3 is 15.2 Å². The molecule has 3 aromatic rings. The minimum Gasteiger partial charge on any atom is -0.387 e. The van der Waals surface area contributed by atoms with Gasteiger partial charge in [0.2, 0.25) is 0 Å². The summed E-state index contributed by atoms with van der Waals surface area (Å²) in [6.07, 6.45) is 6.43. The lowest BCUT2D eigenvalue weighted by atomic mass is 9.99. The monoisotopic (exact) mass is 439 g/mol. The maximum absolute atomic E-state index is 13.9. The number of allylic oxidation sites excluding steroid dienone is 1. The van der Waals surface area contributed by atoms with Crippen molar-refractivity contribution < 1.29 is 4.39 Å². The van der Waals surface area contributed by atoms with Crippen molar-refractivity contribution in [3.63, 3.8) is 0 Å². The lowest BCUT2D eigenvalue weighted by Gasteiger charge is -2.29. The quantitative estimate of drug-likeness (QED) is 0.464. The maximum Gasteiger partial charge on any atom is 0.138 e. The largest absolute Gasteiger partial charge is 0.387 e. The number of fused-ring (bicyclic) bond motifs is 1. The number of benzene rings is 1. The fraction of sp³-hybridized carbons (Fsp3) is 0.333. The Hall–Kier alpha value is -2.70. The van der Waals surface area contributed by atoms with Crippen molar-refractivity contribution in [2.75, 3.05) is 20.1 Å². The third kappa shape index (κ3) is 4.65. The highest BCUT2D eigenvalue weighted by Gasteiger charge is 2.18. The van der Waals surface area contributed by atoms with Crippen LogP contribution in [0, 0.1) is 11.2 Å². The smallest absolute Gasteiger partial charge is 0.138 e. The van der Waals surface area contributed by atoms with Gasteiger partial charge in [0.05, 0.1) is 0 Å². The molecule has 0 unspecified atom stereocenters. The number of aryl methyl sites for hydroxylation is 1. The summed E-state index contributed by atoms with van der Waals surface area (Å²) in [5.41, 5.74) is 4.84. The van der Waals surface area contributed by atoms with E-state index < -0.39 is 0 Å². The lowest BCUT2D eigenvalue weighted by molar-refractivity contribution is 0.244. The van der Waals surface area contributed by atoms with E-state index in [1.54, 1.807) is 12.3 Å². The van der Waals surface area contributed by atoms with Crippen LogP contribution in [0.3, 0.4) is 0 Å². The zero-order chi connectivity index (χ0) is 22.0. The Balaban J connectivity index is 1.73. The van der Waals surface area contributed by atoms with Gasteiger partial charge in [-0.15, -0.1) is 0 Å². The van der Waals surface area contributed by atoms with Crippen molar-refractivity contribution in [1.82, 2.24) is 20.2 Å². The molecular formula is C24H27ClFN5. The summed E-state index contributed by atoms with van der Waals surface area (Å²) >= 11 is 6.16. The molecule has 3 N–H and O–H groups in total. The standard InChI is InChI=1S/C24H27ClFN5/c1-3-21-22(15-5-4-6-17(26)11-15)19-12-16(13-29-24(19)30-21)20(23(25)27)14-28-18-7-9-31(2)10-8-18/h4-6,11-14,18,27-28H,3,7-10H2,1-2H3,(H,29,30)/b20-14-,27-23?. The summed E-state index contributed by atoms with van der Waals surface area (Å²) in [5.74, 6) is -0.275. The molecule has 4 rings (SSSR count). The first-order chi connectivity index (χ1) is 15.0. The van der Waals surface area contributed by atoms with E-state index in [0.717, 1.165) is 65.8 Å². The van der Waals surface area contributed by atoms with Crippen LogP contribution in [0.25, 0.3) is 27.7 Å². The molecule has 0 spiro atoms. The minimum absolute atomic E-state index is 0.0415. The summed E-state index contributed by atoms with van der Waals surface area (Å²) in [6.45, 7) is 4.15. The number of piperidine rings is 1. The highest BCUT2D eigenvalue weighted by atomic mass is 35.5. The Kier molecular flexibility index (Phi) is 6.39. The molecule has 1 aliphatic heterocycles. The summed E-state index contributed by atoms with van der Waals surface area (Å²) in [7, 11) is 2.13. The third-order valence-electron chi connectivity index (χ3n) is 5.92. The normalized spacial score (nSPS) is 16.1. The van der Waals surface area contributed by atoms with E-state index in [-0.39, 0.29) is 11.0 Å². The number of pyridine rings is 1. The van der Waals surface area contributed by atoms with Crippen molar-refractivity contribution >= 4 is 33.4 Å². The van der Waals surface area contributed by atoms with Crippen LogP contribution in [0.2, 0.25) is 0 Å². The molecule has 1 aliphatic rings. The second kappa shape index (κ2) is 9.20. The van der Waals surface area contributed by atoms with Gasteiger partial charge in [-0.1, -0.05) is 30.7 Å². The Labute approximate surface area is 186 Å². The first-order valence-electron chi connectivity index (χ1n) is 10.6. The van der Waals surface area contributed by atoms with Gasteiger partial charge in [0.1, 0.15) is 16.6 Å². The number of rotatable bonds is 6. The number of hydrogen-bond donors (Lipinski definition) is 3. The fourth-order valence-corrected chi connectivity index (χ4v) is 4.32. The summed E-state index contributed by atoms with van der Waals surface area (Å²) in [6, 6.07) is 8.94. The van der Waals surface area contributed by atoms with Gasteiger partial charge in [-0.3, -0.25) is 5.41 Å². The Morgan fingerprint density at radius 1 is 1.35 bits per heavy atom. The van der Waals surface area contributed by atoms with Crippen LogP contribution in [-0.4, -0.2) is 46.2 Å². The molecule has 1 fully saturated rings. The van der Waals surface area contributed by atoms with Crippen LogP contribution in [0.4, 0.5) is 4.39 Å². The molecule has 0 aliphatic carbocycles. The predicted molar refractivity (Wildman–Crippen MR) is 126 cm³/mol. The van der Waals surface area contributed by atoms with E-state index in [0.29, 0.717) is 11.6 Å². The number of halogens is 2. The summed E-state index contributed by atoms with van der Waals surface area (Å²) in [5, 5.41) is 12.4. The molecule has 0 atom stereocenters. The first-order valence-corrected chi connectivity index (χ1v) is 11.0. The number of hydrogen-bond acceptors (Lipinski definition) is 4. The first kappa shape index (κ1) is 21.5. The topological polar surface area (TPSA) is 67.8 Å². The molecule has 162 valence electrons. The molecule has 1 aromatic carbocycles. The van der Waals surface area contributed by atoms with Gasteiger partial charge in [-0.05, 0) is 63.2 Å². The van der Waals surface area contributed by atoms with Gasteiger partial charge >= 0.3 is 0 Å². The number of nitrogens with one attached hydrogen (secondary N) is 3. The van der Waals surface area contributed by atoms with Gasteiger partial charge in [-0.25, -0.2) is 9.37 Å². The number of aromatic nitrogens is 2. The number of nitrogens with zero attached hydrogens (tertiary/aromatic N) is 2. The maximum atomic E-state index is 13.9. The molecule has 5 nitrogen and oxygen atoms in total. The van der Waals surface area contributed by atoms with E-state index in [1.807, 2.05) is 18.3 Å². The molecular weight excluding hydrogens is 413 g/mol. The van der Waals surface area contributed by atoms with Gasteiger partial charge in [0.15, 0.2) is 0 Å². The average Bonchev–Trinajstić information content (AvgIpc) is 3.13. The number of H-pyrrole nitrogens is 1. The highest BCUT2D eigenvalue weighted by Crippen LogP contribution is 2.34. The van der Waals surface area contributed by atoms with E-state index in [2.05, 4.69) is 34.2 Å². The van der Waals surface area contributed by atoms with Crippen LogP contribution < -0.4 is 5.32 Å². The van der Waals surface area contributed by atoms with Crippen LogP contribution >= 0.6 is 11.6 Å². The molecule has 0 radical (unpaired) electrons. The van der Waals surface area contributed by atoms with Crippen molar-refractivity contribution in [3.8, 4) is 11.1 Å². The summed E-state index contributed by atoms with van der Waals surface area (Å²) < 4.78 is 13.9. The van der Waals surface area contributed by atoms with Crippen LogP contribution in [-0.2, 0) is 6.42 Å². The zero-order valence-corrected chi connectivity index (χ0v) is 18.6. The van der Waals surface area contributed by atoms with Crippen molar-refractivity contribution in [2.24, 2.45) is 0 Å². The second-order valence-electron chi connectivity index (χ2n) is 8.08. The number of likely N-dealkylation sites (tertiary alicyclic amines) is 1. The van der Waals surface area contributed by atoms with Gasteiger partial charge in [-0.2, -0.15) is 0 Å². The van der Waals surface area contributed by atoms with Crippen molar-refractivity contribution in [2.45, 2.75) is 32.2 Å². The van der Waals surface area contributed by atoms with Crippen LogP contribution in [0.15, 0.2) is 42.7 Å². The van der Waals surface area contributed by atoms with Crippen LogP contribution in [0.1, 0.15) is 31.0 Å². The Bertz CT molecular complexity index is 1130.